The van der Waals surface area contributed by atoms with Gasteiger partial charge in [-0.15, -0.1) is 0 Å². The number of benzene rings is 2. The quantitative estimate of drug-likeness (QED) is 0.431. The number of hydrogen-bond acceptors (Lipinski definition) is 6. The maximum absolute atomic E-state index is 14.1. The Bertz CT molecular complexity index is 1210. The van der Waals surface area contributed by atoms with Crippen molar-refractivity contribution >= 4 is 42.4 Å². The fraction of sp³-hybridized carbons (Fsp3) is 0.333. The van der Waals surface area contributed by atoms with Crippen LogP contribution in [0, 0.1) is 17.5 Å². The SMILES string of the molecule is CCN(CC)CCN(C(=O)CS(=O)(=O)c1ccc(F)cc1)c1nc2c(F)cc(F)cc2s1. The first kappa shape index (κ1) is 24.1. The van der Waals surface area contributed by atoms with Crippen LogP contribution in [0.3, 0.4) is 0 Å². The second kappa shape index (κ2) is 9.97. The molecule has 0 aliphatic heterocycles. The number of halogens is 3. The molecule has 0 spiro atoms. The van der Waals surface area contributed by atoms with Crippen molar-refractivity contribution in [3.63, 3.8) is 0 Å². The van der Waals surface area contributed by atoms with Crippen molar-refractivity contribution in [2.45, 2.75) is 18.7 Å². The first-order valence-corrected chi connectivity index (χ1v) is 12.4. The number of likely N-dealkylation sites (N-methyl/N-ethyl adjacent to an activating group) is 1. The second-order valence-corrected chi connectivity index (χ2v) is 10.0. The van der Waals surface area contributed by atoms with E-state index in [2.05, 4.69) is 4.98 Å². The van der Waals surface area contributed by atoms with Crippen molar-refractivity contribution in [3.8, 4) is 0 Å². The van der Waals surface area contributed by atoms with Crippen LogP contribution >= 0.6 is 11.3 Å². The first-order valence-electron chi connectivity index (χ1n) is 9.91. The van der Waals surface area contributed by atoms with Crippen LogP contribution < -0.4 is 4.90 Å². The van der Waals surface area contributed by atoms with Gasteiger partial charge in [-0.3, -0.25) is 9.69 Å². The van der Waals surface area contributed by atoms with Crippen molar-refractivity contribution in [1.29, 1.82) is 0 Å². The molecule has 1 amide bonds. The van der Waals surface area contributed by atoms with Gasteiger partial charge < -0.3 is 4.90 Å². The highest BCUT2D eigenvalue weighted by Gasteiger charge is 2.27. The smallest absolute Gasteiger partial charge is 0.244 e. The Labute approximate surface area is 188 Å². The number of sulfone groups is 1. The molecule has 3 rings (SSSR count). The van der Waals surface area contributed by atoms with Gasteiger partial charge >= 0.3 is 0 Å². The highest BCUT2D eigenvalue weighted by molar-refractivity contribution is 7.92. The summed E-state index contributed by atoms with van der Waals surface area (Å²) in [7, 11) is -4.05. The Morgan fingerprint density at radius 1 is 1.00 bits per heavy atom. The zero-order valence-electron chi connectivity index (χ0n) is 17.5. The summed E-state index contributed by atoms with van der Waals surface area (Å²) in [6.45, 7) is 5.87. The lowest BCUT2D eigenvalue weighted by Crippen LogP contribution is -2.41. The minimum absolute atomic E-state index is 0.0796. The molecule has 0 atom stereocenters. The lowest BCUT2D eigenvalue weighted by atomic mass is 10.3. The van der Waals surface area contributed by atoms with Crippen molar-refractivity contribution < 1.29 is 26.4 Å². The normalized spacial score (nSPS) is 11.9. The van der Waals surface area contributed by atoms with Crippen LogP contribution in [0.15, 0.2) is 41.3 Å². The van der Waals surface area contributed by atoms with Gasteiger partial charge in [0.05, 0.1) is 9.60 Å². The van der Waals surface area contributed by atoms with Gasteiger partial charge in [-0.25, -0.2) is 26.6 Å². The molecule has 172 valence electrons. The van der Waals surface area contributed by atoms with Crippen molar-refractivity contribution in [2.75, 3.05) is 36.8 Å². The third-order valence-corrected chi connectivity index (χ3v) is 7.60. The molecule has 1 heterocycles. The molecule has 32 heavy (non-hydrogen) atoms. The Balaban J connectivity index is 1.94. The van der Waals surface area contributed by atoms with Crippen LogP contribution in [-0.4, -0.2) is 56.1 Å². The number of carbonyl (C=O) groups excluding carboxylic acids is 1. The molecule has 0 radical (unpaired) electrons. The number of hydrogen-bond donors (Lipinski definition) is 0. The molecule has 2 aromatic carbocycles. The van der Waals surface area contributed by atoms with E-state index < -0.39 is 38.9 Å². The van der Waals surface area contributed by atoms with E-state index in [1.54, 1.807) is 0 Å². The predicted molar refractivity (Wildman–Crippen MR) is 118 cm³/mol. The Morgan fingerprint density at radius 3 is 2.28 bits per heavy atom. The average molecular weight is 486 g/mol. The molecule has 0 unspecified atom stereocenters. The fourth-order valence-corrected chi connectivity index (χ4v) is 5.38. The third-order valence-electron chi connectivity index (χ3n) is 4.95. The van der Waals surface area contributed by atoms with Crippen LogP contribution in [0.5, 0.6) is 0 Å². The van der Waals surface area contributed by atoms with E-state index in [4.69, 9.17) is 0 Å². The second-order valence-electron chi connectivity index (χ2n) is 7.02. The molecule has 0 saturated heterocycles. The van der Waals surface area contributed by atoms with Crippen LogP contribution in [0.1, 0.15) is 13.8 Å². The highest BCUT2D eigenvalue weighted by atomic mass is 32.2. The molecule has 3 aromatic rings. The molecule has 0 bridgehead atoms. The van der Waals surface area contributed by atoms with Gasteiger partial charge in [0.25, 0.3) is 0 Å². The van der Waals surface area contributed by atoms with Crippen LogP contribution in [0.25, 0.3) is 10.2 Å². The summed E-state index contributed by atoms with van der Waals surface area (Å²) < 4.78 is 66.5. The maximum Gasteiger partial charge on any atom is 0.244 e. The first-order chi connectivity index (χ1) is 15.1. The minimum Gasteiger partial charge on any atom is -0.302 e. The molecular formula is C21H22F3N3O3S2. The molecular weight excluding hydrogens is 463 g/mol. The zero-order chi connectivity index (χ0) is 23.5. The number of anilines is 1. The minimum atomic E-state index is -4.05. The van der Waals surface area contributed by atoms with E-state index in [-0.39, 0.29) is 26.8 Å². The third kappa shape index (κ3) is 5.45. The molecule has 0 fully saturated rings. The standard InChI is InChI=1S/C21H22F3N3O3S2/c1-3-26(4-2)9-10-27(21-25-20-17(24)11-15(23)12-18(20)31-21)19(28)13-32(29,30)16-7-5-14(22)6-8-16/h5-8,11-12H,3-4,9-10,13H2,1-2H3. The van der Waals surface area contributed by atoms with Gasteiger partial charge in [0.1, 0.15) is 22.9 Å². The fourth-order valence-electron chi connectivity index (χ4n) is 3.13. The van der Waals surface area contributed by atoms with E-state index >= 15 is 0 Å². The summed E-state index contributed by atoms with van der Waals surface area (Å²) in [4.78, 5) is 20.2. The summed E-state index contributed by atoms with van der Waals surface area (Å²) in [6.07, 6.45) is 0. The van der Waals surface area contributed by atoms with Crippen molar-refractivity contribution in [3.05, 3.63) is 53.8 Å². The zero-order valence-corrected chi connectivity index (χ0v) is 19.1. The van der Waals surface area contributed by atoms with Crippen LogP contribution in [0.4, 0.5) is 18.3 Å². The van der Waals surface area contributed by atoms with Gasteiger partial charge in [0, 0.05) is 19.2 Å². The number of aromatic nitrogens is 1. The number of carbonyl (C=O) groups is 1. The molecule has 0 N–H and O–H groups in total. The van der Waals surface area contributed by atoms with E-state index in [1.807, 2.05) is 18.7 Å². The van der Waals surface area contributed by atoms with Gasteiger partial charge in [0.2, 0.25) is 5.91 Å². The summed E-state index contributed by atoms with van der Waals surface area (Å²) >= 11 is 0.904. The van der Waals surface area contributed by atoms with Gasteiger partial charge in [-0.1, -0.05) is 25.2 Å². The van der Waals surface area contributed by atoms with E-state index in [9.17, 15) is 26.4 Å². The monoisotopic (exact) mass is 485 g/mol. The molecule has 11 heteroatoms. The maximum atomic E-state index is 14.1. The number of thiazole rings is 1. The molecule has 0 aliphatic rings. The highest BCUT2D eigenvalue weighted by Crippen LogP contribution is 2.31. The van der Waals surface area contributed by atoms with Gasteiger partial charge in [-0.2, -0.15) is 0 Å². The van der Waals surface area contributed by atoms with Crippen LogP contribution in [0.2, 0.25) is 0 Å². The summed E-state index contributed by atoms with van der Waals surface area (Å²) in [6, 6.07) is 6.00. The van der Waals surface area contributed by atoms with E-state index in [0.717, 1.165) is 41.7 Å². The Kier molecular flexibility index (Phi) is 7.52. The topological polar surface area (TPSA) is 70.6 Å². The lowest BCUT2D eigenvalue weighted by molar-refractivity contribution is -0.116. The van der Waals surface area contributed by atoms with E-state index in [1.165, 1.54) is 4.90 Å². The largest absolute Gasteiger partial charge is 0.302 e. The van der Waals surface area contributed by atoms with E-state index in [0.29, 0.717) is 25.7 Å². The molecule has 1 aromatic heterocycles. The Hall–Kier alpha value is -2.50. The molecule has 6 nitrogen and oxygen atoms in total. The molecule has 0 saturated carbocycles. The van der Waals surface area contributed by atoms with Gasteiger partial charge in [0.15, 0.2) is 20.8 Å². The summed E-state index contributed by atoms with van der Waals surface area (Å²) in [5, 5.41) is 0.0796. The van der Waals surface area contributed by atoms with Gasteiger partial charge in [-0.05, 0) is 43.4 Å². The summed E-state index contributed by atoms with van der Waals surface area (Å²) in [5.41, 5.74) is -0.0894. The van der Waals surface area contributed by atoms with Crippen molar-refractivity contribution in [2.24, 2.45) is 0 Å². The lowest BCUT2D eigenvalue weighted by Gasteiger charge is -2.24. The van der Waals surface area contributed by atoms with Crippen molar-refractivity contribution in [1.82, 2.24) is 9.88 Å². The number of rotatable bonds is 9. The number of amides is 1. The number of fused-ring (bicyclic) bond motifs is 1. The predicted octanol–water partition coefficient (Wildman–Crippen LogP) is 3.86. The summed E-state index contributed by atoms with van der Waals surface area (Å²) in [5.74, 6) is -3.87. The average Bonchev–Trinajstić information content (AvgIpc) is 3.15. The Morgan fingerprint density at radius 2 is 1.66 bits per heavy atom. The van der Waals surface area contributed by atoms with Crippen LogP contribution in [-0.2, 0) is 14.6 Å². The molecule has 0 aliphatic carbocycles. The number of nitrogens with zero attached hydrogens (tertiary/aromatic N) is 3.